The molecule has 0 aromatic heterocycles. The first-order chi connectivity index (χ1) is 16.2. The average molecular weight is 490 g/mol. The Morgan fingerprint density at radius 3 is 2.38 bits per heavy atom. The first kappa shape index (κ1) is 25.4. The van der Waals surface area contributed by atoms with Crippen LogP contribution in [-0.4, -0.2) is 54.5 Å². The minimum absolute atomic E-state index is 0.0398. The third-order valence-electron chi connectivity index (χ3n) is 5.64. The van der Waals surface area contributed by atoms with Crippen molar-refractivity contribution in [3.63, 3.8) is 0 Å². The zero-order chi connectivity index (χ0) is 24.9. The molecule has 0 spiro atoms. The van der Waals surface area contributed by atoms with Gasteiger partial charge in [0.2, 0.25) is 11.8 Å². The van der Waals surface area contributed by atoms with Crippen LogP contribution in [0.1, 0.15) is 49.0 Å². The van der Waals surface area contributed by atoms with Crippen molar-refractivity contribution in [3.05, 3.63) is 65.5 Å². The monoisotopic (exact) mass is 489 g/mol. The minimum atomic E-state index is -4.04. The molecular weight excluding hydrogens is 461 g/mol. The number of nitrogens with one attached hydrogen (secondary N) is 1. The van der Waals surface area contributed by atoms with E-state index in [0.29, 0.717) is 22.8 Å². The van der Waals surface area contributed by atoms with Crippen molar-refractivity contribution in [2.75, 3.05) is 13.1 Å². The predicted molar refractivity (Wildman–Crippen MR) is 124 cm³/mol. The lowest BCUT2D eigenvalue weighted by Crippen LogP contribution is -2.49. The van der Waals surface area contributed by atoms with Gasteiger partial charge in [-0.1, -0.05) is 38.1 Å². The van der Waals surface area contributed by atoms with Crippen LogP contribution in [0.4, 0.5) is 4.39 Å². The maximum Gasteiger partial charge on any atom is 0.269 e. The molecule has 3 amide bonds. The fraction of sp³-hybridized carbons (Fsp3) is 0.375. The molecule has 0 aliphatic carbocycles. The normalized spacial score (nSPS) is 15.0. The fourth-order valence-corrected chi connectivity index (χ4v) is 5.43. The lowest BCUT2D eigenvalue weighted by molar-refractivity contribution is -0.141. The number of amides is 3. The van der Waals surface area contributed by atoms with Crippen LogP contribution in [0.2, 0.25) is 0 Å². The Morgan fingerprint density at radius 1 is 1.09 bits per heavy atom. The minimum Gasteiger partial charge on any atom is -0.354 e. The first-order valence-corrected chi connectivity index (χ1v) is 12.6. The average Bonchev–Trinajstić information content (AvgIpc) is 3.02. The quantitative estimate of drug-likeness (QED) is 0.553. The van der Waals surface area contributed by atoms with Crippen molar-refractivity contribution >= 4 is 27.7 Å². The molecule has 10 heteroatoms. The third-order valence-corrected chi connectivity index (χ3v) is 7.48. The van der Waals surface area contributed by atoms with Gasteiger partial charge < -0.3 is 10.2 Å². The molecule has 1 heterocycles. The van der Waals surface area contributed by atoms with Crippen LogP contribution in [0.5, 0.6) is 0 Å². The second kappa shape index (κ2) is 10.8. The molecule has 2 aromatic carbocycles. The molecular formula is C24H28FN3O5S. The Balaban J connectivity index is 1.81. The molecule has 1 aliphatic rings. The van der Waals surface area contributed by atoms with E-state index in [4.69, 9.17) is 0 Å². The molecule has 1 aliphatic heterocycles. The summed E-state index contributed by atoms with van der Waals surface area (Å²) in [6.07, 6.45) is 0.760. The molecule has 0 saturated heterocycles. The zero-order valence-electron chi connectivity index (χ0n) is 19.2. The van der Waals surface area contributed by atoms with E-state index in [1.54, 1.807) is 13.0 Å². The number of halogens is 1. The van der Waals surface area contributed by atoms with E-state index in [2.05, 4.69) is 5.32 Å². The van der Waals surface area contributed by atoms with Crippen LogP contribution in [0, 0.1) is 5.82 Å². The summed E-state index contributed by atoms with van der Waals surface area (Å²) in [5.41, 5.74) is 0.692. The van der Waals surface area contributed by atoms with E-state index in [1.807, 2.05) is 6.92 Å². The summed E-state index contributed by atoms with van der Waals surface area (Å²) >= 11 is 0. The number of sulfonamides is 1. The summed E-state index contributed by atoms with van der Waals surface area (Å²) in [7, 11) is -4.04. The molecule has 3 rings (SSSR count). The highest BCUT2D eigenvalue weighted by Crippen LogP contribution is 2.30. The molecule has 182 valence electrons. The van der Waals surface area contributed by atoms with E-state index >= 15 is 0 Å². The van der Waals surface area contributed by atoms with Crippen LogP contribution >= 0.6 is 0 Å². The Hall–Kier alpha value is -3.27. The standard InChI is InChI=1S/C24H28FN3O5S/c1-3-14-26-23(30)20(4-2)27(16-17-9-11-18(25)12-10-17)22(29)13-15-28-24(31)19-7-5-6-8-21(19)34(28,32)33/h5-12,20H,3-4,13-16H2,1-2H3,(H,26,30). The lowest BCUT2D eigenvalue weighted by Gasteiger charge is -2.31. The summed E-state index contributed by atoms with van der Waals surface area (Å²) in [4.78, 5) is 40.0. The number of fused-ring (bicyclic) bond motifs is 1. The molecule has 8 nitrogen and oxygen atoms in total. The summed E-state index contributed by atoms with van der Waals surface area (Å²) in [5, 5.41) is 2.79. The second-order valence-corrected chi connectivity index (χ2v) is 9.82. The van der Waals surface area contributed by atoms with Crippen molar-refractivity contribution in [3.8, 4) is 0 Å². The van der Waals surface area contributed by atoms with Gasteiger partial charge in [-0.2, -0.15) is 0 Å². The third kappa shape index (κ3) is 5.27. The Kier molecular flexibility index (Phi) is 8.03. The van der Waals surface area contributed by atoms with Crippen LogP contribution in [0.25, 0.3) is 0 Å². The van der Waals surface area contributed by atoms with Gasteiger partial charge in [0.15, 0.2) is 0 Å². The van der Waals surface area contributed by atoms with Gasteiger partial charge >= 0.3 is 0 Å². The summed E-state index contributed by atoms with van der Waals surface area (Å²) in [6.45, 7) is 3.83. The van der Waals surface area contributed by atoms with Gasteiger partial charge in [0.05, 0.1) is 5.56 Å². The number of hydrogen-bond donors (Lipinski definition) is 1. The van der Waals surface area contributed by atoms with E-state index in [-0.39, 0.29) is 35.9 Å². The maximum absolute atomic E-state index is 13.4. The van der Waals surface area contributed by atoms with Crippen LogP contribution in [0.3, 0.4) is 0 Å². The zero-order valence-corrected chi connectivity index (χ0v) is 20.0. The molecule has 0 saturated carbocycles. The molecule has 1 unspecified atom stereocenters. The van der Waals surface area contributed by atoms with E-state index in [1.165, 1.54) is 47.4 Å². The number of carbonyl (C=O) groups excluding carboxylic acids is 3. The Bertz CT molecular complexity index is 1170. The first-order valence-electron chi connectivity index (χ1n) is 11.2. The summed E-state index contributed by atoms with van der Waals surface area (Å²) < 4.78 is 39.6. The van der Waals surface area contributed by atoms with Crippen molar-refractivity contribution < 1.29 is 27.2 Å². The fourth-order valence-electron chi connectivity index (χ4n) is 3.87. The Morgan fingerprint density at radius 2 is 1.76 bits per heavy atom. The lowest BCUT2D eigenvalue weighted by atomic mass is 10.1. The summed E-state index contributed by atoms with van der Waals surface area (Å²) in [6, 6.07) is 10.7. The molecule has 0 bridgehead atoms. The van der Waals surface area contributed by atoms with Crippen LogP contribution in [0.15, 0.2) is 53.4 Å². The van der Waals surface area contributed by atoms with Gasteiger partial charge in [-0.3, -0.25) is 14.4 Å². The van der Waals surface area contributed by atoms with Crippen molar-refractivity contribution in [2.45, 2.75) is 50.6 Å². The van der Waals surface area contributed by atoms with Gasteiger partial charge in [-0.05, 0) is 42.7 Å². The van der Waals surface area contributed by atoms with Crippen molar-refractivity contribution in [1.29, 1.82) is 0 Å². The molecule has 0 fully saturated rings. The van der Waals surface area contributed by atoms with Crippen molar-refractivity contribution in [2.24, 2.45) is 0 Å². The smallest absolute Gasteiger partial charge is 0.269 e. The van der Waals surface area contributed by atoms with Gasteiger partial charge in [0, 0.05) is 26.1 Å². The molecule has 34 heavy (non-hydrogen) atoms. The van der Waals surface area contributed by atoms with E-state index < -0.39 is 33.7 Å². The SMILES string of the molecule is CCCNC(=O)C(CC)N(Cc1ccc(F)cc1)C(=O)CCN1C(=O)c2ccccc2S1(=O)=O. The maximum atomic E-state index is 13.4. The van der Waals surface area contributed by atoms with Gasteiger partial charge in [-0.25, -0.2) is 17.1 Å². The number of benzene rings is 2. The molecule has 0 radical (unpaired) electrons. The van der Waals surface area contributed by atoms with E-state index in [9.17, 15) is 27.2 Å². The molecule has 1 N–H and O–H groups in total. The predicted octanol–water partition coefficient (Wildman–Crippen LogP) is 2.69. The summed E-state index contributed by atoms with van der Waals surface area (Å²) in [5.74, 6) is -1.91. The van der Waals surface area contributed by atoms with Crippen molar-refractivity contribution in [1.82, 2.24) is 14.5 Å². The van der Waals surface area contributed by atoms with E-state index in [0.717, 1.165) is 6.42 Å². The number of hydrogen-bond acceptors (Lipinski definition) is 5. The number of rotatable bonds is 10. The highest BCUT2D eigenvalue weighted by atomic mass is 32.2. The molecule has 1 atom stereocenters. The van der Waals surface area contributed by atoms with Gasteiger partial charge in [0.1, 0.15) is 16.8 Å². The Labute approximate surface area is 198 Å². The largest absolute Gasteiger partial charge is 0.354 e. The highest BCUT2D eigenvalue weighted by molar-refractivity contribution is 7.90. The second-order valence-electron chi connectivity index (χ2n) is 7.99. The van der Waals surface area contributed by atoms with Gasteiger partial charge in [-0.15, -0.1) is 0 Å². The topological polar surface area (TPSA) is 104 Å². The molecule has 2 aromatic rings. The van der Waals surface area contributed by atoms with Crippen LogP contribution < -0.4 is 5.32 Å². The number of carbonyl (C=O) groups is 3. The number of nitrogens with zero attached hydrogens (tertiary/aromatic N) is 2. The van der Waals surface area contributed by atoms with Crippen LogP contribution in [-0.2, 0) is 26.2 Å². The van der Waals surface area contributed by atoms with Gasteiger partial charge in [0.25, 0.3) is 15.9 Å². The highest BCUT2D eigenvalue weighted by Gasteiger charge is 2.41.